The lowest BCUT2D eigenvalue weighted by Gasteiger charge is -2.06. The van der Waals surface area contributed by atoms with Gasteiger partial charge in [-0.3, -0.25) is 4.79 Å². The second-order valence-electron chi connectivity index (χ2n) is 2.92. The van der Waals surface area contributed by atoms with Crippen LogP contribution >= 0.6 is 34.2 Å². The second-order valence-corrected chi connectivity index (χ2v) is 4.58. The van der Waals surface area contributed by atoms with Crippen LogP contribution in [0.5, 0.6) is 0 Å². The van der Waals surface area contributed by atoms with E-state index in [0.29, 0.717) is 17.1 Å². The molecule has 0 unspecified atom stereocenters. The average Bonchev–Trinajstić information content (AvgIpc) is 2.12. The normalized spacial score (nSPS) is 9.93. The molecule has 0 heterocycles. The van der Waals surface area contributed by atoms with Crippen molar-refractivity contribution in [3.63, 3.8) is 0 Å². The molecule has 1 amide bonds. The summed E-state index contributed by atoms with van der Waals surface area (Å²) in [5, 5.41) is 3.35. The lowest BCUT2D eigenvalue weighted by Crippen LogP contribution is -2.10. The quantitative estimate of drug-likeness (QED) is 0.845. The van der Waals surface area contributed by atoms with Gasteiger partial charge in [-0.05, 0) is 47.2 Å². The molecule has 0 fully saturated rings. The highest BCUT2D eigenvalue weighted by atomic mass is 127. The summed E-state index contributed by atoms with van der Waals surface area (Å²) in [5.74, 6) is 0.0106. The van der Waals surface area contributed by atoms with Crippen LogP contribution in [0.3, 0.4) is 0 Å². The summed E-state index contributed by atoms with van der Waals surface area (Å²) >= 11 is 8.10. The Hall–Kier alpha value is -0.290. The average molecular weight is 324 g/mol. The molecule has 1 N–H and O–H groups in total. The smallest absolute Gasteiger partial charge is 0.224 e. The molecule has 76 valence electrons. The van der Waals surface area contributed by atoms with E-state index in [2.05, 4.69) is 27.9 Å². The highest BCUT2D eigenvalue weighted by Gasteiger charge is 2.04. The first-order valence-electron chi connectivity index (χ1n) is 4.38. The summed E-state index contributed by atoms with van der Waals surface area (Å²) in [7, 11) is 0. The lowest BCUT2D eigenvalue weighted by molar-refractivity contribution is -0.116. The zero-order valence-corrected chi connectivity index (χ0v) is 10.7. The SMILES string of the molecule is CCCC(=O)Nc1cc(I)ccc1Cl. The fraction of sp³-hybridized carbons (Fsp3) is 0.300. The molecule has 1 aromatic rings. The van der Waals surface area contributed by atoms with Crippen LogP contribution in [-0.2, 0) is 4.79 Å². The van der Waals surface area contributed by atoms with Crippen molar-refractivity contribution in [3.05, 3.63) is 26.8 Å². The molecule has 1 aromatic carbocycles. The number of rotatable bonds is 3. The highest BCUT2D eigenvalue weighted by molar-refractivity contribution is 14.1. The molecule has 0 radical (unpaired) electrons. The third kappa shape index (κ3) is 3.46. The largest absolute Gasteiger partial charge is 0.325 e. The first kappa shape index (κ1) is 11.8. The zero-order chi connectivity index (χ0) is 10.6. The van der Waals surface area contributed by atoms with Crippen molar-refractivity contribution in [2.24, 2.45) is 0 Å². The number of amides is 1. The van der Waals surface area contributed by atoms with Crippen LogP contribution in [0.2, 0.25) is 5.02 Å². The predicted octanol–water partition coefficient (Wildman–Crippen LogP) is 3.68. The third-order valence-corrected chi connectivity index (χ3v) is 2.68. The van der Waals surface area contributed by atoms with Crippen LogP contribution in [0.1, 0.15) is 19.8 Å². The molecule has 0 saturated heterocycles. The fourth-order valence-corrected chi connectivity index (χ4v) is 1.69. The first-order chi connectivity index (χ1) is 6.63. The van der Waals surface area contributed by atoms with E-state index in [4.69, 9.17) is 11.6 Å². The maximum Gasteiger partial charge on any atom is 0.224 e. The van der Waals surface area contributed by atoms with Crippen molar-refractivity contribution in [1.82, 2.24) is 0 Å². The van der Waals surface area contributed by atoms with Crippen LogP contribution in [-0.4, -0.2) is 5.91 Å². The van der Waals surface area contributed by atoms with E-state index in [1.807, 2.05) is 19.1 Å². The summed E-state index contributed by atoms with van der Waals surface area (Å²) in [6.07, 6.45) is 1.37. The van der Waals surface area contributed by atoms with Gasteiger partial charge in [0.05, 0.1) is 10.7 Å². The van der Waals surface area contributed by atoms with E-state index in [1.165, 1.54) is 0 Å². The van der Waals surface area contributed by atoms with Crippen LogP contribution in [0.4, 0.5) is 5.69 Å². The van der Waals surface area contributed by atoms with Gasteiger partial charge in [0.2, 0.25) is 5.91 Å². The van der Waals surface area contributed by atoms with E-state index >= 15 is 0 Å². The molecule has 0 saturated carbocycles. The molecule has 0 atom stereocenters. The van der Waals surface area contributed by atoms with Gasteiger partial charge in [-0.25, -0.2) is 0 Å². The number of carbonyl (C=O) groups is 1. The van der Waals surface area contributed by atoms with Crippen molar-refractivity contribution in [2.75, 3.05) is 5.32 Å². The fourth-order valence-electron chi connectivity index (χ4n) is 1.03. The maximum absolute atomic E-state index is 11.3. The standard InChI is InChI=1S/C10H11ClINO/c1-2-3-10(14)13-9-6-7(12)4-5-8(9)11/h4-6H,2-3H2,1H3,(H,13,14). The molecule has 0 aliphatic heterocycles. The lowest BCUT2D eigenvalue weighted by atomic mass is 10.3. The van der Waals surface area contributed by atoms with Gasteiger partial charge in [0.1, 0.15) is 0 Å². The van der Waals surface area contributed by atoms with E-state index in [9.17, 15) is 4.79 Å². The van der Waals surface area contributed by atoms with Crippen LogP contribution in [0.25, 0.3) is 0 Å². The van der Waals surface area contributed by atoms with Gasteiger partial charge in [-0.1, -0.05) is 18.5 Å². The minimum atomic E-state index is 0.0106. The topological polar surface area (TPSA) is 29.1 Å². The molecule has 0 aromatic heterocycles. The molecule has 0 bridgehead atoms. The van der Waals surface area contributed by atoms with Gasteiger partial charge in [0.15, 0.2) is 0 Å². The Labute approximate surface area is 102 Å². The van der Waals surface area contributed by atoms with Gasteiger partial charge >= 0.3 is 0 Å². The summed E-state index contributed by atoms with van der Waals surface area (Å²) in [4.78, 5) is 11.3. The van der Waals surface area contributed by atoms with Crippen molar-refractivity contribution < 1.29 is 4.79 Å². The number of hydrogen-bond acceptors (Lipinski definition) is 1. The molecule has 0 spiro atoms. The van der Waals surface area contributed by atoms with Crippen LogP contribution < -0.4 is 5.32 Å². The monoisotopic (exact) mass is 323 g/mol. The number of nitrogens with one attached hydrogen (secondary N) is 1. The minimum absolute atomic E-state index is 0.0106. The van der Waals surface area contributed by atoms with Gasteiger partial charge in [-0.15, -0.1) is 0 Å². The van der Waals surface area contributed by atoms with Gasteiger partial charge in [-0.2, -0.15) is 0 Å². The number of carbonyl (C=O) groups excluding carboxylic acids is 1. The third-order valence-electron chi connectivity index (χ3n) is 1.68. The maximum atomic E-state index is 11.3. The van der Waals surface area contributed by atoms with Crippen LogP contribution in [0, 0.1) is 3.57 Å². The Morgan fingerprint density at radius 1 is 1.57 bits per heavy atom. The molecular weight excluding hydrogens is 312 g/mol. The highest BCUT2D eigenvalue weighted by Crippen LogP contribution is 2.23. The van der Waals surface area contributed by atoms with Crippen LogP contribution in [0.15, 0.2) is 18.2 Å². The summed E-state index contributed by atoms with van der Waals surface area (Å²) < 4.78 is 1.05. The number of halogens is 2. The minimum Gasteiger partial charge on any atom is -0.325 e. The molecule has 14 heavy (non-hydrogen) atoms. The summed E-state index contributed by atoms with van der Waals surface area (Å²) in [6, 6.07) is 5.54. The van der Waals surface area contributed by atoms with E-state index in [0.717, 1.165) is 9.99 Å². The van der Waals surface area contributed by atoms with Crippen molar-refractivity contribution in [1.29, 1.82) is 0 Å². The molecule has 4 heteroatoms. The van der Waals surface area contributed by atoms with Crippen molar-refractivity contribution in [3.8, 4) is 0 Å². The van der Waals surface area contributed by atoms with Crippen molar-refractivity contribution >= 4 is 45.8 Å². The summed E-state index contributed by atoms with van der Waals surface area (Å²) in [5.41, 5.74) is 0.692. The molecular formula is C10H11ClINO. The molecule has 0 aliphatic rings. The Kier molecular flexibility index (Phi) is 4.68. The van der Waals surface area contributed by atoms with Crippen molar-refractivity contribution in [2.45, 2.75) is 19.8 Å². The number of hydrogen-bond donors (Lipinski definition) is 1. The molecule has 1 rings (SSSR count). The van der Waals surface area contributed by atoms with E-state index in [1.54, 1.807) is 6.07 Å². The first-order valence-corrected chi connectivity index (χ1v) is 5.84. The predicted molar refractivity (Wildman–Crippen MR) is 67.7 cm³/mol. The van der Waals surface area contributed by atoms with Gasteiger partial charge in [0.25, 0.3) is 0 Å². The Morgan fingerprint density at radius 3 is 2.93 bits per heavy atom. The number of anilines is 1. The molecule has 0 aliphatic carbocycles. The van der Waals surface area contributed by atoms with E-state index in [-0.39, 0.29) is 5.91 Å². The second kappa shape index (κ2) is 5.56. The van der Waals surface area contributed by atoms with Gasteiger partial charge < -0.3 is 5.32 Å². The Morgan fingerprint density at radius 2 is 2.29 bits per heavy atom. The molecule has 2 nitrogen and oxygen atoms in total. The zero-order valence-electron chi connectivity index (χ0n) is 7.81. The van der Waals surface area contributed by atoms with Gasteiger partial charge in [0, 0.05) is 9.99 Å². The van der Waals surface area contributed by atoms with E-state index < -0.39 is 0 Å². The summed E-state index contributed by atoms with van der Waals surface area (Å²) in [6.45, 7) is 1.97. The Bertz CT molecular complexity index is 341. The number of benzene rings is 1. The Balaban J connectivity index is 2.75.